The molecule has 0 spiro atoms. The molecule has 0 atom stereocenters. The monoisotopic (exact) mass is 345 g/mol. The number of fused-ring (bicyclic) bond motifs is 1. The Morgan fingerprint density at radius 1 is 1.28 bits per heavy atom. The quantitative estimate of drug-likeness (QED) is 0.682. The number of thiazole rings is 1. The van der Waals surface area contributed by atoms with E-state index in [1.807, 2.05) is 16.7 Å². The number of nitriles is 1. The topological polar surface area (TPSA) is 58.1 Å². The van der Waals surface area contributed by atoms with Gasteiger partial charge in [0.2, 0.25) is 0 Å². The van der Waals surface area contributed by atoms with Gasteiger partial charge in [-0.2, -0.15) is 10.3 Å². The molecule has 0 unspecified atom stereocenters. The summed E-state index contributed by atoms with van der Waals surface area (Å²) in [4.78, 5) is 17.3. The lowest BCUT2D eigenvalue weighted by Crippen LogP contribution is -2.16. The molecule has 2 aromatic carbocycles. The van der Waals surface area contributed by atoms with Gasteiger partial charge in [0.05, 0.1) is 28.4 Å². The van der Waals surface area contributed by atoms with Crippen molar-refractivity contribution in [3.63, 3.8) is 0 Å². The van der Waals surface area contributed by atoms with E-state index >= 15 is 0 Å². The lowest BCUT2D eigenvalue weighted by atomic mass is 10.1. The highest BCUT2D eigenvalue weighted by atomic mass is 32.1. The van der Waals surface area contributed by atoms with E-state index in [1.54, 1.807) is 24.3 Å². The summed E-state index contributed by atoms with van der Waals surface area (Å²) >= 11 is 1.45. The molecular weight excluding hydrogens is 330 g/mol. The van der Waals surface area contributed by atoms with E-state index in [0.717, 1.165) is 16.6 Å². The van der Waals surface area contributed by atoms with Gasteiger partial charge in [-0.1, -0.05) is 30.2 Å². The van der Waals surface area contributed by atoms with Gasteiger partial charge < -0.3 is 4.57 Å². The van der Waals surface area contributed by atoms with Crippen LogP contribution in [0.4, 0.5) is 0 Å². The number of hydrogen-bond donors (Lipinski definition) is 0. The minimum atomic E-state index is -0.350. The largest absolute Gasteiger partial charge is 0.305 e. The van der Waals surface area contributed by atoms with Crippen LogP contribution in [0, 0.1) is 23.7 Å². The smallest absolute Gasteiger partial charge is 0.279 e. The number of terminal acetylenes is 1. The minimum Gasteiger partial charge on any atom is -0.305 e. The first kappa shape index (κ1) is 16.7. The molecule has 1 heterocycles. The molecule has 0 radical (unpaired) electrons. The third-order valence-electron chi connectivity index (χ3n) is 3.86. The average molecular weight is 345 g/mol. The predicted octanol–water partition coefficient (Wildman–Crippen LogP) is 3.51. The summed E-state index contributed by atoms with van der Waals surface area (Å²) in [5.74, 6) is 2.27. The zero-order chi connectivity index (χ0) is 17.8. The molecule has 0 bridgehead atoms. The number of rotatable bonds is 3. The molecule has 0 aliphatic heterocycles. The first-order chi connectivity index (χ1) is 12.2. The SMILES string of the molecule is C#CCn1c(=NC(=O)c2ccc(C#N)cc2)sc2cc(CC)ccc21. The predicted molar refractivity (Wildman–Crippen MR) is 99.1 cm³/mol. The number of carbonyl (C=O) groups excluding carboxylic acids is 1. The Morgan fingerprint density at radius 3 is 2.68 bits per heavy atom. The molecule has 25 heavy (non-hydrogen) atoms. The van der Waals surface area contributed by atoms with Crippen molar-refractivity contribution < 1.29 is 4.79 Å². The highest BCUT2D eigenvalue weighted by molar-refractivity contribution is 7.16. The maximum atomic E-state index is 12.5. The van der Waals surface area contributed by atoms with Crippen molar-refractivity contribution in [1.82, 2.24) is 4.57 Å². The summed E-state index contributed by atoms with van der Waals surface area (Å²) in [5.41, 5.74) is 3.16. The van der Waals surface area contributed by atoms with Gasteiger partial charge in [0.25, 0.3) is 5.91 Å². The Labute approximate surface area is 149 Å². The fourth-order valence-electron chi connectivity index (χ4n) is 2.51. The number of aryl methyl sites for hydroxylation is 1. The van der Waals surface area contributed by atoms with Crippen LogP contribution in [0.15, 0.2) is 47.5 Å². The summed E-state index contributed by atoms with van der Waals surface area (Å²) in [7, 11) is 0. The second kappa shape index (κ2) is 7.17. The fourth-order valence-corrected chi connectivity index (χ4v) is 3.60. The molecule has 0 aliphatic carbocycles. The summed E-state index contributed by atoms with van der Waals surface area (Å²) in [6.45, 7) is 2.45. The van der Waals surface area contributed by atoms with E-state index in [2.05, 4.69) is 30.0 Å². The Kier molecular flexibility index (Phi) is 4.79. The molecule has 0 N–H and O–H groups in total. The highest BCUT2D eigenvalue weighted by Crippen LogP contribution is 2.19. The Bertz CT molecular complexity index is 1090. The maximum Gasteiger partial charge on any atom is 0.279 e. The second-order valence-electron chi connectivity index (χ2n) is 5.44. The van der Waals surface area contributed by atoms with Crippen LogP contribution in [-0.2, 0) is 13.0 Å². The highest BCUT2D eigenvalue weighted by Gasteiger charge is 2.09. The van der Waals surface area contributed by atoms with Crippen LogP contribution < -0.4 is 4.80 Å². The molecule has 1 amide bonds. The lowest BCUT2D eigenvalue weighted by Gasteiger charge is -2.01. The van der Waals surface area contributed by atoms with E-state index in [-0.39, 0.29) is 5.91 Å². The van der Waals surface area contributed by atoms with Crippen LogP contribution in [0.3, 0.4) is 0 Å². The van der Waals surface area contributed by atoms with Crippen LogP contribution >= 0.6 is 11.3 Å². The molecule has 0 saturated carbocycles. The summed E-state index contributed by atoms with van der Waals surface area (Å²) in [5, 5.41) is 8.84. The lowest BCUT2D eigenvalue weighted by molar-refractivity contribution is 0.0998. The van der Waals surface area contributed by atoms with Gasteiger partial charge in [-0.15, -0.1) is 6.42 Å². The number of amides is 1. The third kappa shape index (κ3) is 3.38. The number of benzene rings is 2. The minimum absolute atomic E-state index is 0.350. The van der Waals surface area contributed by atoms with Crippen LogP contribution in [0.25, 0.3) is 10.2 Å². The Balaban J connectivity index is 2.10. The first-order valence-electron chi connectivity index (χ1n) is 7.81. The zero-order valence-electron chi connectivity index (χ0n) is 13.7. The molecule has 1 aromatic heterocycles. The molecule has 0 aliphatic rings. The van der Waals surface area contributed by atoms with E-state index in [0.29, 0.717) is 22.5 Å². The molecule has 3 aromatic rings. The molecule has 122 valence electrons. The van der Waals surface area contributed by atoms with E-state index in [9.17, 15) is 4.79 Å². The van der Waals surface area contributed by atoms with Crippen LogP contribution in [0.2, 0.25) is 0 Å². The van der Waals surface area contributed by atoms with E-state index in [1.165, 1.54) is 16.9 Å². The number of aromatic nitrogens is 1. The molecule has 4 nitrogen and oxygen atoms in total. The molecule has 3 rings (SSSR count). The molecule has 5 heteroatoms. The normalized spacial score (nSPS) is 11.2. The summed E-state index contributed by atoms with van der Waals surface area (Å²) in [6.07, 6.45) is 6.43. The maximum absolute atomic E-state index is 12.5. The second-order valence-corrected chi connectivity index (χ2v) is 6.45. The fraction of sp³-hybridized carbons (Fsp3) is 0.150. The van der Waals surface area contributed by atoms with Crippen molar-refractivity contribution in [2.24, 2.45) is 4.99 Å². The molecule has 0 fully saturated rings. The van der Waals surface area contributed by atoms with Gasteiger partial charge in [-0.05, 0) is 48.4 Å². The summed E-state index contributed by atoms with van der Waals surface area (Å²) < 4.78 is 2.93. The summed E-state index contributed by atoms with van der Waals surface area (Å²) in [6, 6.07) is 14.7. The van der Waals surface area contributed by atoms with Crippen molar-refractivity contribution in [3.8, 4) is 18.4 Å². The van der Waals surface area contributed by atoms with Crippen LogP contribution in [0.5, 0.6) is 0 Å². The van der Waals surface area contributed by atoms with E-state index < -0.39 is 0 Å². The third-order valence-corrected chi connectivity index (χ3v) is 4.90. The van der Waals surface area contributed by atoms with Crippen molar-refractivity contribution >= 4 is 27.5 Å². The van der Waals surface area contributed by atoms with Gasteiger partial charge >= 0.3 is 0 Å². The standard InChI is InChI=1S/C20H15N3OS/c1-3-11-23-17-10-7-14(4-2)12-18(17)25-20(23)22-19(24)16-8-5-15(13-21)6-9-16/h1,5-10,12H,4,11H2,2H3. The van der Waals surface area contributed by atoms with Crippen molar-refractivity contribution in [2.45, 2.75) is 19.9 Å². The zero-order valence-corrected chi connectivity index (χ0v) is 14.5. The van der Waals surface area contributed by atoms with Crippen molar-refractivity contribution in [2.75, 3.05) is 0 Å². The number of carbonyl (C=O) groups is 1. The van der Waals surface area contributed by atoms with Crippen molar-refractivity contribution in [1.29, 1.82) is 5.26 Å². The van der Waals surface area contributed by atoms with Gasteiger partial charge in [-0.25, -0.2) is 0 Å². The molecular formula is C20H15N3OS. The van der Waals surface area contributed by atoms with Crippen LogP contribution in [-0.4, -0.2) is 10.5 Å². The van der Waals surface area contributed by atoms with Gasteiger partial charge in [0.1, 0.15) is 0 Å². The van der Waals surface area contributed by atoms with Gasteiger partial charge in [-0.3, -0.25) is 4.79 Å². The van der Waals surface area contributed by atoms with Crippen molar-refractivity contribution in [3.05, 3.63) is 64.0 Å². The Hall–Kier alpha value is -3.15. The Morgan fingerprint density at radius 2 is 2.04 bits per heavy atom. The number of hydrogen-bond acceptors (Lipinski definition) is 3. The van der Waals surface area contributed by atoms with Gasteiger partial charge in [0, 0.05) is 5.56 Å². The van der Waals surface area contributed by atoms with Gasteiger partial charge in [0.15, 0.2) is 4.80 Å². The average Bonchev–Trinajstić information content (AvgIpc) is 2.98. The molecule has 0 saturated heterocycles. The first-order valence-corrected chi connectivity index (χ1v) is 8.63. The van der Waals surface area contributed by atoms with Crippen LogP contribution in [0.1, 0.15) is 28.4 Å². The van der Waals surface area contributed by atoms with E-state index in [4.69, 9.17) is 11.7 Å². The number of nitrogens with zero attached hydrogens (tertiary/aromatic N) is 3.